The number of benzene rings is 1. The van der Waals surface area contributed by atoms with Crippen LogP contribution in [0.2, 0.25) is 0 Å². The van der Waals surface area contributed by atoms with Crippen LogP contribution in [-0.4, -0.2) is 30.4 Å². The van der Waals surface area contributed by atoms with Gasteiger partial charge in [-0.2, -0.15) is 0 Å². The fraction of sp³-hybridized carbons (Fsp3) is 0.500. The van der Waals surface area contributed by atoms with Gasteiger partial charge in [0.1, 0.15) is 0 Å². The van der Waals surface area contributed by atoms with E-state index in [-0.39, 0.29) is 0 Å². The topological polar surface area (TPSA) is 3.24 Å². The molecule has 1 nitrogen and oxygen atoms in total. The molecule has 1 aromatic carbocycles. The van der Waals surface area contributed by atoms with Gasteiger partial charge in [0, 0.05) is 19.0 Å². The SMILES string of the molecule is ClCCN1CCC(c2ccccc2)C1. The van der Waals surface area contributed by atoms with Crippen LogP contribution in [0.3, 0.4) is 0 Å². The number of hydrogen-bond acceptors (Lipinski definition) is 1. The van der Waals surface area contributed by atoms with E-state index in [9.17, 15) is 0 Å². The lowest BCUT2D eigenvalue weighted by atomic mass is 9.99. The normalized spacial score (nSPS) is 22.8. The minimum absolute atomic E-state index is 0.722. The Kier molecular flexibility index (Phi) is 3.44. The van der Waals surface area contributed by atoms with Gasteiger partial charge in [-0.1, -0.05) is 30.3 Å². The van der Waals surface area contributed by atoms with E-state index in [1.165, 1.54) is 25.1 Å². The summed E-state index contributed by atoms with van der Waals surface area (Å²) in [4.78, 5) is 2.45. The monoisotopic (exact) mass is 209 g/mol. The molecule has 0 spiro atoms. The highest BCUT2D eigenvalue weighted by Crippen LogP contribution is 2.26. The average molecular weight is 210 g/mol. The smallest absolute Gasteiger partial charge is 0.0351 e. The van der Waals surface area contributed by atoms with E-state index in [4.69, 9.17) is 11.6 Å². The number of rotatable bonds is 3. The molecule has 76 valence electrons. The van der Waals surface area contributed by atoms with Crippen LogP contribution in [0.4, 0.5) is 0 Å². The van der Waals surface area contributed by atoms with Gasteiger partial charge in [0.05, 0.1) is 0 Å². The third-order valence-electron chi connectivity index (χ3n) is 2.94. The second-order valence-corrected chi connectivity index (χ2v) is 4.26. The molecule has 14 heavy (non-hydrogen) atoms. The van der Waals surface area contributed by atoms with Gasteiger partial charge in [-0.25, -0.2) is 0 Å². The molecule has 1 saturated heterocycles. The van der Waals surface area contributed by atoms with Crippen molar-refractivity contribution in [2.45, 2.75) is 12.3 Å². The molecule has 1 fully saturated rings. The van der Waals surface area contributed by atoms with E-state index < -0.39 is 0 Å². The van der Waals surface area contributed by atoms with Crippen molar-refractivity contribution in [3.63, 3.8) is 0 Å². The van der Waals surface area contributed by atoms with Gasteiger partial charge in [0.25, 0.3) is 0 Å². The molecular weight excluding hydrogens is 194 g/mol. The zero-order chi connectivity index (χ0) is 9.80. The van der Waals surface area contributed by atoms with Crippen LogP contribution < -0.4 is 0 Å². The first kappa shape index (κ1) is 10.0. The summed E-state index contributed by atoms with van der Waals surface area (Å²) in [6.07, 6.45) is 1.28. The molecule has 2 heteroatoms. The maximum atomic E-state index is 5.73. The minimum Gasteiger partial charge on any atom is -0.302 e. The van der Waals surface area contributed by atoms with Gasteiger partial charge in [0.15, 0.2) is 0 Å². The average Bonchev–Trinajstić information content (AvgIpc) is 2.68. The number of alkyl halides is 1. The number of halogens is 1. The van der Waals surface area contributed by atoms with Crippen LogP contribution >= 0.6 is 11.6 Å². The van der Waals surface area contributed by atoms with Crippen LogP contribution in [-0.2, 0) is 0 Å². The summed E-state index contributed by atoms with van der Waals surface area (Å²) >= 11 is 5.73. The minimum atomic E-state index is 0.722. The van der Waals surface area contributed by atoms with Gasteiger partial charge in [-0.05, 0) is 24.4 Å². The molecule has 0 N–H and O–H groups in total. The first-order valence-corrected chi connectivity index (χ1v) is 5.77. The van der Waals surface area contributed by atoms with Crippen LogP contribution in [0.1, 0.15) is 17.9 Å². The Morgan fingerprint density at radius 1 is 1.29 bits per heavy atom. The summed E-state index contributed by atoms with van der Waals surface area (Å²) in [7, 11) is 0. The third kappa shape index (κ3) is 2.28. The predicted octanol–water partition coefficient (Wildman–Crippen LogP) is 2.71. The van der Waals surface area contributed by atoms with Gasteiger partial charge in [-0.15, -0.1) is 11.6 Å². The first-order chi connectivity index (χ1) is 6.90. The molecule has 0 aromatic heterocycles. The summed E-state index contributed by atoms with van der Waals surface area (Å²) in [5, 5.41) is 0. The van der Waals surface area contributed by atoms with Crippen LogP contribution in [0.25, 0.3) is 0 Å². The lowest BCUT2D eigenvalue weighted by Gasteiger charge is -2.14. The second kappa shape index (κ2) is 4.81. The number of likely N-dealkylation sites (tertiary alicyclic amines) is 1. The van der Waals surface area contributed by atoms with Gasteiger partial charge < -0.3 is 4.90 Å². The molecule has 0 amide bonds. The lowest BCUT2D eigenvalue weighted by molar-refractivity contribution is 0.356. The highest BCUT2D eigenvalue weighted by Gasteiger charge is 2.22. The fourth-order valence-corrected chi connectivity index (χ4v) is 2.39. The Morgan fingerprint density at radius 2 is 2.07 bits per heavy atom. The van der Waals surface area contributed by atoms with Gasteiger partial charge in [0.2, 0.25) is 0 Å². The molecule has 1 atom stereocenters. The second-order valence-electron chi connectivity index (χ2n) is 3.89. The van der Waals surface area contributed by atoms with Crippen molar-refractivity contribution in [3.05, 3.63) is 35.9 Å². The molecule has 1 unspecified atom stereocenters. The third-order valence-corrected chi connectivity index (χ3v) is 3.11. The summed E-state index contributed by atoms with van der Waals surface area (Å²) in [6, 6.07) is 10.8. The summed E-state index contributed by atoms with van der Waals surface area (Å²) in [5.41, 5.74) is 1.48. The van der Waals surface area contributed by atoms with Crippen molar-refractivity contribution >= 4 is 11.6 Å². The Morgan fingerprint density at radius 3 is 2.79 bits per heavy atom. The molecule has 1 aromatic rings. The van der Waals surface area contributed by atoms with E-state index in [0.29, 0.717) is 0 Å². The number of nitrogens with zero attached hydrogens (tertiary/aromatic N) is 1. The van der Waals surface area contributed by atoms with Crippen molar-refractivity contribution in [3.8, 4) is 0 Å². The molecule has 1 heterocycles. The maximum absolute atomic E-state index is 5.73. The van der Waals surface area contributed by atoms with Crippen molar-refractivity contribution in [2.24, 2.45) is 0 Å². The van der Waals surface area contributed by atoms with Crippen molar-refractivity contribution < 1.29 is 0 Å². The Labute approximate surface area is 90.7 Å². The molecular formula is C12H16ClN. The molecule has 0 aliphatic carbocycles. The lowest BCUT2D eigenvalue weighted by Crippen LogP contribution is -2.22. The van der Waals surface area contributed by atoms with Crippen molar-refractivity contribution in [1.29, 1.82) is 0 Å². The Balaban J connectivity index is 1.96. The molecule has 0 radical (unpaired) electrons. The van der Waals surface area contributed by atoms with E-state index in [1.807, 2.05) is 0 Å². The van der Waals surface area contributed by atoms with E-state index in [1.54, 1.807) is 0 Å². The summed E-state index contributed by atoms with van der Waals surface area (Å²) < 4.78 is 0. The summed E-state index contributed by atoms with van der Waals surface area (Å²) in [5.74, 6) is 1.47. The van der Waals surface area contributed by atoms with E-state index in [0.717, 1.165) is 18.3 Å². The van der Waals surface area contributed by atoms with Gasteiger partial charge >= 0.3 is 0 Å². The highest BCUT2D eigenvalue weighted by atomic mass is 35.5. The van der Waals surface area contributed by atoms with Crippen LogP contribution in [0.15, 0.2) is 30.3 Å². The number of hydrogen-bond donors (Lipinski definition) is 0. The Bertz CT molecular complexity index is 273. The van der Waals surface area contributed by atoms with Crippen molar-refractivity contribution in [2.75, 3.05) is 25.5 Å². The van der Waals surface area contributed by atoms with Crippen LogP contribution in [0, 0.1) is 0 Å². The highest BCUT2D eigenvalue weighted by molar-refractivity contribution is 6.18. The Hall–Kier alpha value is -0.530. The van der Waals surface area contributed by atoms with Gasteiger partial charge in [-0.3, -0.25) is 0 Å². The maximum Gasteiger partial charge on any atom is 0.0351 e. The first-order valence-electron chi connectivity index (χ1n) is 5.23. The van der Waals surface area contributed by atoms with E-state index in [2.05, 4.69) is 35.2 Å². The van der Waals surface area contributed by atoms with Crippen LogP contribution in [0.5, 0.6) is 0 Å². The van der Waals surface area contributed by atoms with E-state index >= 15 is 0 Å². The quantitative estimate of drug-likeness (QED) is 0.692. The zero-order valence-corrected chi connectivity index (χ0v) is 9.08. The standard InChI is InChI=1S/C12H16ClN/c13-7-9-14-8-6-12(10-14)11-4-2-1-3-5-11/h1-5,12H,6-10H2. The zero-order valence-electron chi connectivity index (χ0n) is 8.32. The largest absolute Gasteiger partial charge is 0.302 e. The molecule has 0 bridgehead atoms. The summed E-state index contributed by atoms with van der Waals surface area (Å²) in [6.45, 7) is 3.41. The predicted molar refractivity (Wildman–Crippen MR) is 61.0 cm³/mol. The molecule has 1 aliphatic heterocycles. The molecule has 0 saturated carbocycles. The fourth-order valence-electron chi connectivity index (χ4n) is 2.15. The molecule has 2 rings (SSSR count). The molecule has 1 aliphatic rings. The van der Waals surface area contributed by atoms with Crippen molar-refractivity contribution in [1.82, 2.24) is 4.90 Å².